The summed E-state index contributed by atoms with van der Waals surface area (Å²) in [4.78, 5) is 12.0. The fourth-order valence-corrected chi connectivity index (χ4v) is 1.87. The van der Waals surface area contributed by atoms with Crippen molar-refractivity contribution >= 4 is 27.5 Å². The van der Waals surface area contributed by atoms with E-state index in [2.05, 4.69) is 21.2 Å². The van der Waals surface area contributed by atoms with Gasteiger partial charge in [0, 0.05) is 4.47 Å². The lowest BCUT2D eigenvalue weighted by Crippen LogP contribution is -2.12. The Kier molecular flexibility index (Phi) is 4.00. The summed E-state index contributed by atoms with van der Waals surface area (Å²) >= 11 is 3.29. The van der Waals surface area contributed by atoms with Crippen LogP contribution in [0.1, 0.15) is 21.9 Å². The first-order valence-electron chi connectivity index (χ1n) is 5.44. The van der Waals surface area contributed by atoms with Crippen molar-refractivity contribution in [1.29, 1.82) is 5.26 Å². The number of amides is 1. The van der Waals surface area contributed by atoms with Gasteiger partial charge in [-0.2, -0.15) is 5.26 Å². The van der Waals surface area contributed by atoms with Gasteiger partial charge >= 0.3 is 0 Å². The number of nitrogens with two attached hydrogens (primary N) is 1. The molecule has 1 aromatic carbocycles. The molecule has 1 aromatic heterocycles. The van der Waals surface area contributed by atoms with Crippen LogP contribution >= 0.6 is 15.9 Å². The summed E-state index contributed by atoms with van der Waals surface area (Å²) in [5, 5.41) is 11.6. The van der Waals surface area contributed by atoms with Crippen LogP contribution in [0, 0.1) is 11.3 Å². The van der Waals surface area contributed by atoms with E-state index in [1.807, 2.05) is 6.07 Å². The minimum atomic E-state index is -0.422. The Morgan fingerprint density at radius 3 is 2.84 bits per heavy atom. The van der Waals surface area contributed by atoms with Crippen LogP contribution in [0.5, 0.6) is 0 Å². The van der Waals surface area contributed by atoms with Crippen molar-refractivity contribution < 1.29 is 9.21 Å². The van der Waals surface area contributed by atoms with Crippen LogP contribution in [-0.4, -0.2) is 5.91 Å². The van der Waals surface area contributed by atoms with Gasteiger partial charge in [-0.05, 0) is 30.3 Å². The summed E-state index contributed by atoms with van der Waals surface area (Å²) in [5.41, 5.74) is 6.21. The van der Waals surface area contributed by atoms with Crippen LogP contribution in [0.2, 0.25) is 0 Å². The van der Waals surface area contributed by atoms with Gasteiger partial charge in [-0.3, -0.25) is 4.79 Å². The van der Waals surface area contributed by atoms with Crippen LogP contribution in [0.15, 0.2) is 39.2 Å². The lowest BCUT2D eigenvalue weighted by Gasteiger charge is -2.05. The molecule has 0 aliphatic rings. The molecule has 5 nitrogen and oxygen atoms in total. The Labute approximate surface area is 118 Å². The Hall–Kier alpha value is -2.10. The number of hydrogen-bond donors (Lipinski definition) is 2. The molecule has 0 bridgehead atoms. The summed E-state index contributed by atoms with van der Waals surface area (Å²) in [6.07, 6.45) is 0. The molecular weight excluding hydrogens is 310 g/mol. The molecule has 0 saturated heterocycles. The number of rotatable bonds is 3. The number of carbonyl (C=O) groups excluding carboxylic acids is 1. The summed E-state index contributed by atoms with van der Waals surface area (Å²) < 4.78 is 6.01. The van der Waals surface area contributed by atoms with Gasteiger partial charge < -0.3 is 15.5 Å². The smallest absolute Gasteiger partial charge is 0.291 e. The van der Waals surface area contributed by atoms with E-state index in [0.29, 0.717) is 17.0 Å². The van der Waals surface area contributed by atoms with Crippen LogP contribution < -0.4 is 11.1 Å². The third kappa shape index (κ3) is 3.02. The molecule has 2 aromatic rings. The molecule has 96 valence electrons. The number of nitrogens with one attached hydrogen (secondary N) is 1. The summed E-state index contributed by atoms with van der Waals surface area (Å²) in [6, 6.07) is 10.2. The molecular formula is C13H10BrN3O2. The molecule has 6 heteroatoms. The zero-order valence-electron chi connectivity index (χ0n) is 9.81. The second-order valence-electron chi connectivity index (χ2n) is 3.73. The number of furan rings is 1. The van der Waals surface area contributed by atoms with Gasteiger partial charge in [0.05, 0.1) is 17.8 Å². The van der Waals surface area contributed by atoms with Crippen molar-refractivity contribution in [3.8, 4) is 6.07 Å². The van der Waals surface area contributed by atoms with E-state index < -0.39 is 5.91 Å². The second-order valence-corrected chi connectivity index (χ2v) is 4.64. The lowest BCUT2D eigenvalue weighted by atomic mass is 10.2. The Morgan fingerprint density at radius 2 is 2.21 bits per heavy atom. The molecule has 0 fully saturated rings. The van der Waals surface area contributed by atoms with E-state index >= 15 is 0 Å². The molecule has 0 aliphatic heterocycles. The maximum Gasteiger partial charge on any atom is 0.291 e. The first-order chi connectivity index (χ1) is 9.13. The highest BCUT2D eigenvalue weighted by Crippen LogP contribution is 2.21. The maximum absolute atomic E-state index is 12.0. The second kappa shape index (κ2) is 5.69. The largest absolute Gasteiger partial charge is 0.455 e. The number of carbonyl (C=O) groups is 1. The van der Waals surface area contributed by atoms with Crippen molar-refractivity contribution in [2.45, 2.75) is 6.54 Å². The van der Waals surface area contributed by atoms with Gasteiger partial charge in [-0.15, -0.1) is 0 Å². The lowest BCUT2D eigenvalue weighted by molar-refractivity contribution is 0.0995. The van der Waals surface area contributed by atoms with E-state index in [0.717, 1.165) is 4.47 Å². The van der Waals surface area contributed by atoms with Crippen molar-refractivity contribution in [2.24, 2.45) is 5.73 Å². The van der Waals surface area contributed by atoms with E-state index in [9.17, 15) is 4.79 Å². The number of nitriles is 1. The highest BCUT2D eigenvalue weighted by Gasteiger charge is 2.13. The topological polar surface area (TPSA) is 92.0 Å². The van der Waals surface area contributed by atoms with Gasteiger partial charge in [0.25, 0.3) is 5.91 Å². The number of halogens is 1. The normalized spacial score (nSPS) is 9.95. The molecule has 0 spiro atoms. The molecule has 0 radical (unpaired) electrons. The maximum atomic E-state index is 12.0. The Bertz CT molecular complexity index is 658. The van der Waals surface area contributed by atoms with E-state index in [1.165, 1.54) is 0 Å². The standard InChI is InChI=1S/C13H10BrN3O2/c14-9-2-1-8(6-15)11(5-9)17-13(18)12-4-3-10(7-16)19-12/h1-5H,7,16H2,(H,17,18). The highest BCUT2D eigenvalue weighted by atomic mass is 79.9. The minimum absolute atomic E-state index is 0.157. The first kappa shape index (κ1) is 13.3. The monoisotopic (exact) mass is 319 g/mol. The van der Waals surface area contributed by atoms with Crippen LogP contribution in [0.3, 0.4) is 0 Å². The van der Waals surface area contributed by atoms with Gasteiger partial charge in [-0.1, -0.05) is 15.9 Å². The average molecular weight is 320 g/mol. The molecule has 19 heavy (non-hydrogen) atoms. The zero-order chi connectivity index (χ0) is 13.8. The number of benzene rings is 1. The number of hydrogen-bond acceptors (Lipinski definition) is 4. The molecule has 1 amide bonds. The summed E-state index contributed by atoms with van der Waals surface area (Å²) in [5.74, 6) is 0.263. The van der Waals surface area contributed by atoms with Crippen LogP contribution in [0.4, 0.5) is 5.69 Å². The molecule has 1 heterocycles. The quantitative estimate of drug-likeness (QED) is 0.909. The zero-order valence-corrected chi connectivity index (χ0v) is 11.4. The predicted molar refractivity (Wildman–Crippen MR) is 73.4 cm³/mol. The van der Waals surface area contributed by atoms with Crippen molar-refractivity contribution in [3.63, 3.8) is 0 Å². The van der Waals surface area contributed by atoms with Crippen molar-refractivity contribution in [3.05, 3.63) is 51.9 Å². The molecule has 0 unspecified atom stereocenters. The van der Waals surface area contributed by atoms with Crippen LogP contribution in [-0.2, 0) is 6.54 Å². The number of nitrogens with zero attached hydrogens (tertiary/aromatic N) is 1. The fraction of sp³-hybridized carbons (Fsp3) is 0.0769. The van der Waals surface area contributed by atoms with E-state index in [-0.39, 0.29) is 12.3 Å². The van der Waals surface area contributed by atoms with E-state index in [4.69, 9.17) is 15.4 Å². The SMILES string of the molecule is N#Cc1ccc(Br)cc1NC(=O)c1ccc(CN)o1. The van der Waals surface area contributed by atoms with E-state index in [1.54, 1.807) is 30.3 Å². The third-order valence-corrected chi connectivity index (χ3v) is 2.93. The Morgan fingerprint density at radius 1 is 1.42 bits per heavy atom. The first-order valence-corrected chi connectivity index (χ1v) is 6.23. The van der Waals surface area contributed by atoms with Gasteiger partial charge in [0.2, 0.25) is 0 Å². The fourth-order valence-electron chi connectivity index (χ4n) is 1.51. The van der Waals surface area contributed by atoms with Crippen molar-refractivity contribution in [2.75, 3.05) is 5.32 Å². The Balaban J connectivity index is 2.23. The van der Waals surface area contributed by atoms with Gasteiger partial charge in [0.1, 0.15) is 11.8 Å². The summed E-state index contributed by atoms with van der Waals surface area (Å²) in [6.45, 7) is 0.230. The predicted octanol–water partition coefficient (Wildman–Crippen LogP) is 2.62. The molecule has 0 saturated carbocycles. The highest BCUT2D eigenvalue weighted by molar-refractivity contribution is 9.10. The summed E-state index contributed by atoms with van der Waals surface area (Å²) in [7, 11) is 0. The number of anilines is 1. The van der Waals surface area contributed by atoms with Gasteiger partial charge in [0.15, 0.2) is 5.76 Å². The average Bonchev–Trinajstić information content (AvgIpc) is 2.88. The molecule has 2 rings (SSSR count). The third-order valence-electron chi connectivity index (χ3n) is 2.44. The van der Waals surface area contributed by atoms with Crippen LogP contribution in [0.25, 0.3) is 0 Å². The van der Waals surface area contributed by atoms with Gasteiger partial charge in [-0.25, -0.2) is 0 Å². The minimum Gasteiger partial charge on any atom is -0.455 e. The molecule has 0 atom stereocenters. The molecule has 0 aliphatic carbocycles. The molecule has 3 N–H and O–H groups in total. The van der Waals surface area contributed by atoms with Crippen molar-refractivity contribution in [1.82, 2.24) is 0 Å².